The molecule has 182 valence electrons. The van der Waals surface area contributed by atoms with Crippen LogP contribution in [-0.4, -0.2) is 80.5 Å². The van der Waals surface area contributed by atoms with Crippen molar-refractivity contribution in [1.82, 2.24) is 9.80 Å². The number of carbonyl (C=O) groups is 2. The van der Waals surface area contributed by atoms with E-state index in [0.717, 1.165) is 17.5 Å². The van der Waals surface area contributed by atoms with E-state index < -0.39 is 0 Å². The number of carbonyl (C=O) groups excluding carboxylic acids is 2. The number of hydrogen-bond donors (Lipinski definition) is 1. The summed E-state index contributed by atoms with van der Waals surface area (Å²) in [4.78, 5) is 31.1. The molecule has 2 heterocycles. The Bertz CT molecular complexity index is 1040. The average molecular weight is 470 g/mol. The van der Waals surface area contributed by atoms with Gasteiger partial charge in [0.25, 0.3) is 0 Å². The van der Waals surface area contributed by atoms with Crippen LogP contribution in [-0.2, 0) is 22.5 Å². The molecule has 2 aliphatic rings. The molecule has 4 rings (SSSR count). The molecule has 0 aromatic heterocycles. The summed E-state index contributed by atoms with van der Waals surface area (Å²) < 4.78 is 16.0. The van der Waals surface area contributed by atoms with Gasteiger partial charge in [-0.2, -0.15) is 0 Å². The summed E-state index contributed by atoms with van der Waals surface area (Å²) in [7, 11) is 3.08. The van der Waals surface area contributed by atoms with E-state index in [1.807, 2.05) is 23.1 Å². The molecule has 0 atom stereocenters. The van der Waals surface area contributed by atoms with Gasteiger partial charge < -0.3 is 29.1 Å². The van der Waals surface area contributed by atoms with E-state index in [4.69, 9.17) is 14.2 Å². The van der Waals surface area contributed by atoms with Gasteiger partial charge in [-0.1, -0.05) is 12.1 Å². The molecule has 3 amide bonds. The minimum absolute atomic E-state index is 0.00573. The van der Waals surface area contributed by atoms with Gasteiger partial charge in [-0.3, -0.25) is 9.69 Å². The Morgan fingerprint density at radius 3 is 2.47 bits per heavy atom. The number of benzene rings is 2. The molecular formula is C25H31N3O6. The van der Waals surface area contributed by atoms with Crippen molar-refractivity contribution in [2.24, 2.45) is 0 Å². The van der Waals surface area contributed by atoms with Crippen molar-refractivity contribution in [2.75, 3.05) is 58.5 Å². The summed E-state index contributed by atoms with van der Waals surface area (Å²) in [5, 5.41) is 10.1. The fourth-order valence-electron chi connectivity index (χ4n) is 4.35. The largest absolute Gasteiger partial charge is 0.504 e. The Balaban J connectivity index is 1.45. The second kappa shape index (κ2) is 10.6. The highest BCUT2D eigenvalue weighted by Crippen LogP contribution is 2.32. The van der Waals surface area contributed by atoms with E-state index in [9.17, 15) is 14.7 Å². The lowest BCUT2D eigenvalue weighted by molar-refractivity contribution is -0.134. The number of phenolic OH excluding ortho intramolecular Hbond substituents is 1. The van der Waals surface area contributed by atoms with Crippen LogP contribution in [0.2, 0.25) is 0 Å². The Morgan fingerprint density at radius 1 is 1.00 bits per heavy atom. The van der Waals surface area contributed by atoms with Crippen molar-refractivity contribution in [3.8, 4) is 17.2 Å². The highest BCUT2D eigenvalue weighted by atomic mass is 16.5. The highest BCUT2D eigenvalue weighted by Gasteiger charge is 2.28. The first kappa shape index (κ1) is 23.7. The van der Waals surface area contributed by atoms with E-state index in [0.29, 0.717) is 69.5 Å². The van der Waals surface area contributed by atoms with Crippen molar-refractivity contribution in [3.63, 3.8) is 0 Å². The number of morpholine rings is 1. The molecule has 2 saturated heterocycles. The number of anilines is 1. The lowest BCUT2D eigenvalue weighted by Crippen LogP contribution is -2.49. The van der Waals surface area contributed by atoms with Gasteiger partial charge in [0.15, 0.2) is 11.5 Å². The van der Waals surface area contributed by atoms with E-state index in [1.54, 1.807) is 35.1 Å². The molecular weight excluding hydrogens is 438 g/mol. The zero-order valence-electron chi connectivity index (χ0n) is 19.7. The molecule has 0 bridgehead atoms. The summed E-state index contributed by atoms with van der Waals surface area (Å²) in [6.45, 7) is 3.97. The number of aromatic hydroxyl groups is 1. The summed E-state index contributed by atoms with van der Waals surface area (Å²) in [6.07, 6.45) is 1.10. The minimum Gasteiger partial charge on any atom is -0.504 e. The van der Waals surface area contributed by atoms with Crippen molar-refractivity contribution in [1.29, 1.82) is 0 Å². The molecule has 2 aromatic rings. The van der Waals surface area contributed by atoms with Crippen LogP contribution in [0.15, 0.2) is 36.4 Å². The smallest absolute Gasteiger partial charge is 0.324 e. The maximum absolute atomic E-state index is 13.2. The van der Waals surface area contributed by atoms with Crippen LogP contribution in [0.5, 0.6) is 17.2 Å². The fourth-order valence-corrected chi connectivity index (χ4v) is 4.35. The van der Waals surface area contributed by atoms with Gasteiger partial charge in [-0.25, -0.2) is 4.79 Å². The topological polar surface area (TPSA) is 91.8 Å². The Labute approximate surface area is 199 Å². The van der Waals surface area contributed by atoms with Gasteiger partial charge >= 0.3 is 6.03 Å². The van der Waals surface area contributed by atoms with E-state index >= 15 is 0 Å². The lowest BCUT2D eigenvalue weighted by atomic mass is 10.1. The Kier molecular flexibility index (Phi) is 7.42. The molecule has 0 unspecified atom stereocenters. The van der Waals surface area contributed by atoms with E-state index in [-0.39, 0.29) is 17.7 Å². The first-order valence-corrected chi connectivity index (χ1v) is 11.4. The predicted octanol–water partition coefficient (Wildman–Crippen LogP) is 2.64. The number of amides is 3. The first-order valence-electron chi connectivity index (χ1n) is 11.4. The molecule has 0 radical (unpaired) electrons. The Morgan fingerprint density at radius 2 is 1.76 bits per heavy atom. The molecule has 2 aliphatic heterocycles. The number of rotatable bonds is 7. The lowest BCUT2D eigenvalue weighted by Gasteiger charge is -2.36. The molecule has 9 nitrogen and oxygen atoms in total. The van der Waals surface area contributed by atoms with Crippen LogP contribution in [0.1, 0.15) is 17.5 Å². The van der Waals surface area contributed by atoms with Crippen LogP contribution in [0.3, 0.4) is 0 Å². The normalized spacial score (nSPS) is 16.5. The molecule has 1 N–H and O–H groups in total. The second-order valence-electron chi connectivity index (χ2n) is 8.38. The maximum Gasteiger partial charge on any atom is 0.324 e. The minimum atomic E-state index is -0.135. The molecule has 0 saturated carbocycles. The molecule has 9 heteroatoms. The first-order chi connectivity index (χ1) is 16.5. The van der Waals surface area contributed by atoms with Crippen LogP contribution in [0.4, 0.5) is 10.5 Å². The predicted molar refractivity (Wildman–Crippen MR) is 127 cm³/mol. The molecule has 2 fully saturated rings. The third-order valence-electron chi connectivity index (χ3n) is 6.22. The average Bonchev–Trinajstić information content (AvgIpc) is 2.86. The van der Waals surface area contributed by atoms with Crippen LogP contribution in [0, 0.1) is 0 Å². The highest BCUT2D eigenvalue weighted by molar-refractivity contribution is 5.93. The summed E-state index contributed by atoms with van der Waals surface area (Å²) in [6, 6.07) is 10.5. The van der Waals surface area contributed by atoms with Gasteiger partial charge in [-0.15, -0.1) is 0 Å². The van der Waals surface area contributed by atoms with Gasteiger partial charge in [0, 0.05) is 43.5 Å². The maximum atomic E-state index is 13.2. The SMILES string of the molecule is COc1ccc(N2CCCN(Cc3ccc(CC(=O)N4CCOCC4)cc3OC)C2=O)cc1O. The zero-order chi connectivity index (χ0) is 24.1. The molecule has 2 aromatic carbocycles. The van der Waals surface area contributed by atoms with Crippen molar-refractivity contribution >= 4 is 17.6 Å². The number of urea groups is 1. The number of ether oxygens (including phenoxy) is 3. The zero-order valence-corrected chi connectivity index (χ0v) is 19.7. The third kappa shape index (κ3) is 5.20. The monoisotopic (exact) mass is 469 g/mol. The van der Waals surface area contributed by atoms with Gasteiger partial charge in [0.2, 0.25) is 5.91 Å². The van der Waals surface area contributed by atoms with Crippen LogP contribution in [0.25, 0.3) is 0 Å². The number of phenols is 1. The summed E-state index contributed by atoms with van der Waals surface area (Å²) >= 11 is 0. The molecule has 34 heavy (non-hydrogen) atoms. The quantitative estimate of drug-likeness (QED) is 0.670. The fraction of sp³-hybridized carbons (Fsp3) is 0.440. The number of hydrogen-bond acceptors (Lipinski definition) is 6. The van der Waals surface area contributed by atoms with Crippen LogP contribution >= 0.6 is 0 Å². The van der Waals surface area contributed by atoms with E-state index in [1.165, 1.54) is 7.11 Å². The number of nitrogens with zero attached hydrogens (tertiary/aromatic N) is 3. The van der Waals surface area contributed by atoms with Crippen molar-refractivity contribution in [3.05, 3.63) is 47.5 Å². The van der Waals surface area contributed by atoms with Gasteiger partial charge in [0.1, 0.15) is 5.75 Å². The molecule has 0 spiro atoms. The van der Waals surface area contributed by atoms with E-state index in [2.05, 4.69) is 0 Å². The van der Waals surface area contributed by atoms with Crippen molar-refractivity contribution < 1.29 is 28.9 Å². The summed E-state index contributed by atoms with van der Waals surface area (Å²) in [5.74, 6) is 1.08. The van der Waals surface area contributed by atoms with Crippen molar-refractivity contribution in [2.45, 2.75) is 19.4 Å². The van der Waals surface area contributed by atoms with Gasteiger partial charge in [0.05, 0.1) is 40.4 Å². The Hall–Kier alpha value is -3.46. The van der Waals surface area contributed by atoms with Gasteiger partial charge in [-0.05, 0) is 30.2 Å². The van der Waals surface area contributed by atoms with Crippen LogP contribution < -0.4 is 14.4 Å². The third-order valence-corrected chi connectivity index (χ3v) is 6.22. The summed E-state index contributed by atoms with van der Waals surface area (Å²) in [5.41, 5.74) is 2.37. The number of methoxy groups -OCH3 is 2. The standard InChI is InChI=1S/C25H31N3O6/c1-32-22-7-6-20(16-21(22)29)28-9-3-8-27(25(28)31)17-19-5-4-18(14-23(19)33-2)15-24(30)26-10-12-34-13-11-26/h4-7,14,16,29H,3,8-13,15,17H2,1-2H3. The molecule has 0 aliphatic carbocycles. The second-order valence-corrected chi connectivity index (χ2v) is 8.38.